The van der Waals surface area contributed by atoms with Crippen LogP contribution in [0.3, 0.4) is 0 Å². The second kappa shape index (κ2) is 12.1. The topological polar surface area (TPSA) is 86.8 Å². The van der Waals surface area contributed by atoms with Crippen molar-refractivity contribution in [2.24, 2.45) is 0 Å². The van der Waals surface area contributed by atoms with Crippen LogP contribution in [0, 0.1) is 0 Å². The molecule has 0 aromatic heterocycles. The van der Waals surface area contributed by atoms with Crippen LogP contribution in [0.15, 0.2) is 83.8 Å². The van der Waals surface area contributed by atoms with Crippen LogP contribution >= 0.6 is 11.6 Å². The first-order valence-corrected chi connectivity index (χ1v) is 13.4. The molecule has 7 nitrogen and oxygen atoms in total. The lowest BCUT2D eigenvalue weighted by Crippen LogP contribution is -2.50. The van der Waals surface area contributed by atoms with Crippen LogP contribution in [-0.4, -0.2) is 44.8 Å². The minimum Gasteiger partial charge on any atom is -0.357 e. The standard InChI is InChI=1S/C27H30ClN3O4S/c1-4-21-13-15-24(16-14-21)31(36(34,35)25-11-6-5-7-12-25)19-26(32)30(20(2)27(33)29-3)18-22-9-8-10-23(28)17-22/h5-17,20H,4,18-19H2,1-3H3,(H,29,33)/t20-/m0/s1. The van der Waals surface area contributed by atoms with Crippen molar-refractivity contribution in [3.05, 3.63) is 95.0 Å². The summed E-state index contributed by atoms with van der Waals surface area (Å²) in [5, 5.41) is 3.06. The maximum atomic E-state index is 13.7. The molecule has 0 heterocycles. The molecule has 9 heteroatoms. The van der Waals surface area contributed by atoms with E-state index in [1.165, 1.54) is 24.1 Å². The Bertz CT molecular complexity index is 1300. The van der Waals surface area contributed by atoms with Crippen molar-refractivity contribution in [2.45, 2.75) is 37.8 Å². The van der Waals surface area contributed by atoms with Gasteiger partial charge in [0.2, 0.25) is 11.8 Å². The summed E-state index contributed by atoms with van der Waals surface area (Å²) in [6.45, 7) is 3.21. The maximum absolute atomic E-state index is 13.7. The predicted molar refractivity (Wildman–Crippen MR) is 142 cm³/mol. The minimum atomic E-state index is -4.07. The van der Waals surface area contributed by atoms with E-state index >= 15 is 0 Å². The van der Waals surface area contributed by atoms with Gasteiger partial charge < -0.3 is 10.2 Å². The van der Waals surface area contributed by atoms with E-state index in [4.69, 9.17) is 11.6 Å². The molecular weight excluding hydrogens is 498 g/mol. The van der Waals surface area contributed by atoms with Gasteiger partial charge in [0.05, 0.1) is 10.6 Å². The molecule has 36 heavy (non-hydrogen) atoms. The van der Waals surface area contributed by atoms with Gasteiger partial charge >= 0.3 is 0 Å². The molecule has 3 aromatic carbocycles. The van der Waals surface area contributed by atoms with Crippen molar-refractivity contribution in [3.8, 4) is 0 Å². The van der Waals surface area contributed by atoms with Gasteiger partial charge in [-0.1, -0.05) is 61.0 Å². The molecule has 0 saturated carbocycles. The summed E-state index contributed by atoms with van der Waals surface area (Å²) in [6, 6.07) is 21.2. The molecule has 190 valence electrons. The zero-order valence-electron chi connectivity index (χ0n) is 20.5. The zero-order valence-corrected chi connectivity index (χ0v) is 22.1. The summed E-state index contributed by atoms with van der Waals surface area (Å²) >= 11 is 6.12. The van der Waals surface area contributed by atoms with E-state index in [1.54, 1.807) is 61.5 Å². The van der Waals surface area contributed by atoms with Gasteiger partial charge in [-0.2, -0.15) is 0 Å². The van der Waals surface area contributed by atoms with Crippen LogP contribution in [-0.2, 0) is 32.6 Å². The van der Waals surface area contributed by atoms with E-state index in [2.05, 4.69) is 5.32 Å². The van der Waals surface area contributed by atoms with Crippen LogP contribution in [0.25, 0.3) is 0 Å². The third-order valence-electron chi connectivity index (χ3n) is 5.90. The second-order valence-corrected chi connectivity index (χ2v) is 10.6. The van der Waals surface area contributed by atoms with Crippen LogP contribution in [0.5, 0.6) is 0 Å². The average molecular weight is 528 g/mol. The molecule has 0 saturated heterocycles. The number of likely N-dealkylation sites (N-methyl/N-ethyl adjacent to an activating group) is 1. The molecular formula is C27H30ClN3O4S. The first kappa shape index (κ1) is 27.2. The highest BCUT2D eigenvalue weighted by Crippen LogP contribution is 2.25. The van der Waals surface area contributed by atoms with Gasteiger partial charge in [-0.15, -0.1) is 0 Å². The Labute approximate surface area is 217 Å². The molecule has 3 rings (SSSR count). The first-order valence-electron chi connectivity index (χ1n) is 11.6. The monoisotopic (exact) mass is 527 g/mol. The number of amides is 2. The summed E-state index contributed by atoms with van der Waals surface area (Å²) in [6.07, 6.45) is 0.793. The third-order valence-corrected chi connectivity index (χ3v) is 7.92. The molecule has 0 unspecified atom stereocenters. The second-order valence-electron chi connectivity index (χ2n) is 8.29. The van der Waals surface area contributed by atoms with Crippen LogP contribution < -0.4 is 9.62 Å². The number of rotatable bonds is 10. The van der Waals surface area contributed by atoms with Crippen LogP contribution in [0.2, 0.25) is 5.02 Å². The lowest BCUT2D eigenvalue weighted by atomic mass is 10.1. The van der Waals surface area contributed by atoms with Crippen molar-refractivity contribution < 1.29 is 18.0 Å². The zero-order chi connectivity index (χ0) is 26.3. The van der Waals surface area contributed by atoms with Crippen molar-refractivity contribution in [1.29, 1.82) is 0 Å². The SMILES string of the molecule is CCc1ccc(N(CC(=O)N(Cc2cccc(Cl)c2)[C@@H](C)C(=O)NC)S(=O)(=O)c2ccccc2)cc1. The summed E-state index contributed by atoms with van der Waals surface area (Å²) < 4.78 is 28.4. The first-order chi connectivity index (χ1) is 17.2. The molecule has 0 aliphatic carbocycles. The predicted octanol–water partition coefficient (Wildman–Crippen LogP) is 4.26. The Hall–Kier alpha value is -3.36. The van der Waals surface area contributed by atoms with Crippen LogP contribution in [0.4, 0.5) is 5.69 Å². The number of carbonyl (C=O) groups excluding carboxylic acids is 2. The highest BCUT2D eigenvalue weighted by Gasteiger charge is 2.32. The number of nitrogens with one attached hydrogen (secondary N) is 1. The summed E-state index contributed by atoms with van der Waals surface area (Å²) in [7, 11) is -2.58. The molecule has 0 fully saturated rings. The summed E-state index contributed by atoms with van der Waals surface area (Å²) in [4.78, 5) is 27.6. The highest BCUT2D eigenvalue weighted by atomic mass is 35.5. The molecule has 0 bridgehead atoms. The highest BCUT2D eigenvalue weighted by molar-refractivity contribution is 7.92. The number of anilines is 1. The van der Waals surface area contributed by atoms with E-state index in [9.17, 15) is 18.0 Å². The van der Waals surface area contributed by atoms with E-state index < -0.39 is 28.5 Å². The van der Waals surface area contributed by atoms with E-state index in [0.29, 0.717) is 10.7 Å². The number of nitrogens with zero attached hydrogens (tertiary/aromatic N) is 2. The number of halogens is 1. The number of carbonyl (C=O) groups is 2. The summed E-state index contributed by atoms with van der Waals surface area (Å²) in [5.41, 5.74) is 2.12. The molecule has 0 spiro atoms. The molecule has 1 N–H and O–H groups in total. The molecule has 2 amide bonds. The number of hydrogen-bond acceptors (Lipinski definition) is 4. The lowest BCUT2D eigenvalue weighted by Gasteiger charge is -2.31. The number of benzene rings is 3. The average Bonchev–Trinajstić information content (AvgIpc) is 2.90. The molecule has 0 radical (unpaired) electrons. The van der Waals surface area contributed by atoms with Crippen molar-refractivity contribution in [3.63, 3.8) is 0 Å². The van der Waals surface area contributed by atoms with Gasteiger partial charge in [-0.05, 0) is 60.9 Å². The van der Waals surface area contributed by atoms with Gasteiger partial charge in [0, 0.05) is 18.6 Å². The van der Waals surface area contributed by atoms with Crippen molar-refractivity contribution in [1.82, 2.24) is 10.2 Å². The molecule has 3 aromatic rings. The van der Waals surface area contributed by atoms with Gasteiger partial charge in [-0.25, -0.2) is 8.42 Å². The van der Waals surface area contributed by atoms with E-state index in [0.717, 1.165) is 21.9 Å². The van der Waals surface area contributed by atoms with Gasteiger partial charge in [0.1, 0.15) is 12.6 Å². The van der Waals surface area contributed by atoms with E-state index in [-0.39, 0.29) is 17.3 Å². The number of sulfonamides is 1. The fraction of sp³-hybridized carbons (Fsp3) is 0.259. The smallest absolute Gasteiger partial charge is 0.264 e. The normalized spacial score (nSPS) is 12.0. The minimum absolute atomic E-state index is 0.0677. The third kappa shape index (κ3) is 6.44. The Morgan fingerprint density at radius 3 is 2.19 bits per heavy atom. The van der Waals surface area contributed by atoms with Crippen molar-refractivity contribution in [2.75, 3.05) is 17.9 Å². The quantitative estimate of drug-likeness (QED) is 0.427. The van der Waals surface area contributed by atoms with Gasteiger partial charge in [0.15, 0.2) is 0 Å². The fourth-order valence-electron chi connectivity index (χ4n) is 3.77. The molecule has 1 atom stereocenters. The Morgan fingerprint density at radius 1 is 0.944 bits per heavy atom. The maximum Gasteiger partial charge on any atom is 0.264 e. The Morgan fingerprint density at radius 2 is 1.61 bits per heavy atom. The Kier molecular flexibility index (Phi) is 9.12. The van der Waals surface area contributed by atoms with E-state index in [1.807, 2.05) is 19.1 Å². The largest absolute Gasteiger partial charge is 0.357 e. The summed E-state index contributed by atoms with van der Waals surface area (Å²) in [5.74, 6) is -0.889. The fourth-order valence-corrected chi connectivity index (χ4v) is 5.42. The number of hydrogen-bond donors (Lipinski definition) is 1. The van der Waals surface area contributed by atoms with Crippen molar-refractivity contribution >= 4 is 39.1 Å². The lowest BCUT2D eigenvalue weighted by molar-refractivity contribution is -0.139. The van der Waals surface area contributed by atoms with Crippen LogP contribution in [0.1, 0.15) is 25.0 Å². The van der Waals surface area contributed by atoms with Gasteiger partial charge in [0.25, 0.3) is 10.0 Å². The Balaban J connectivity index is 2.02. The molecule has 0 aliphatic rings. The molecule has 0 aliphatic heterocycles. The van der Waals surface area contributed by atoms with Gasteiger partial charge in [-0.3, -0.25) is 13.9 Å². The number of aryl methyl sites for hydroxylation is 1.